The Morgan fingerprint density at radius 1 is 1.00 bits per heavy atom. The molecule has 4 aromatic rings. The number of rotatable bonds is 6. The Labute approximate surface area is 203 Å². The fraction of sp³-hybridized carbons (Fsp3) is 0.148. The Bertz CT molecular complexity index is 1340. The van der Waals surface area contributed by atoms with Crippen molar-refractivity contribution < 1.29 is 9.26 Å². The summed E-state index contributed by atoms with van der Waals surface area (Å²) in [5.41, 5.74) is 4.89. The lowest BCUT2D eigenvalue weighted by atomic mass is 9.94. The highest BCUT2D eigenvalue weighted by Crippen LogP contribution is 2.38. The van der Waals surface area contributed by atoms with Gasteiger partial charge in [0.05, 0.1) is 18.7 Å². The SMILES string of the molecule is COc1cccc(C2NC(=S)N(Cc3ccccc3)C(C)=C2c2nc(-c3ccccc3)no2)c1. The van der Waals surface area contributed by atoms with Gasteiger partial charge in [-0.05, 0) is 42.4 Å². The summed E-state index contributed by atoms with van der Waals surface area (Å²) >= 11 is 5.81. The van der Waals surface area contributed by atoms with Gasteiger partial charge in [0.2, 0.25) is 5.82 Å². The average Bonchev–Trinajstić information content (AvgIpc) is 3.37. The lowest BCUT2D eigenvalue weighted by molar-refractivity contribution is 0.395. The summed E-state index contributed by atoms with van der Waals surface area (Å²) < 4.78 is 11.3. The van der Waals surface area contributed by atoms with E-state index in [-0.39, 0.29) is 6.04 Å². The molecule has 1 N–H and O–H groups in total. The molecule has 1 atom stereocenters. The van der Waals surface area contributed by atoms with Gasteiger partial charge in [0.25, 0.3) is 5.89 Å². The van der Waals surface area contributed by atoms with E-state index in [4.69, 9.17) is 26.5 Å². The number of methoxy groups -OCH3 is 1. The molecule has 6 nitrogen and oxygen atoms in total. The van der Waals surface area contributed by atoms with Crippen LogP contribution in [0, 0.1) is 0 Å². The Morgan fingerprint density at radius 2 is 1.74 bits per heavy atom. The van der Waals surface area contributed by atoms with Gasteiger partial charge < -0.3 is 19.5 Å². The number of nitrogens with zero attached hydrogens (tertiary/aromatic N) is 3. The van der Waals surface area contributed by atoms with Crippen LogP contribution in [0.15, 0.2) is 95.1 Å². The van der Waals surface area contributed by atoms with Crippen LogP contribution in [0.5, 0.6) is 5.75 Å². The minimum absolute atomic E-state index is 0.265. The molecule has 3 aromatic carbocycles. The Morgan fingerprint density at radius 3 is 2.47 bits per heavy atom. The van der Waals surface area contributed by atoms with Crippen LogP contribution in [-0.4, -0.2) is 27.3 Å². The van der Waals surface area contributed by atoms with E-state index < -0.39 is 0 Å². The van der Waals surface area contributed by atoms with Crippen molar-refractivity contribution in [2.45, 2.75) is 19.5 Å². The average molecular weight is 469 g/mol. The maximum atomic E-state index is 5.81. The molecule has 7 heteroatoms. The second kappa shape index (κ2) is 9.49. The van der Waals surface area contributed by atoms with Crippen LogP contribution in [0.1, 0.15) is 30.0 Å². The van der Waals surface area contributed by atoms with Gasteiger partial charge in [-0.1, -0.05) is 78.0 Å². The first-order valence-electron chi connectivity index (χ1n) is 11.0. The topological polar surface area (TPSA) is 63.4 Å². The molecule has 0 spiro atoms. The summed E-state index contributed by atoms with van der Waals surface area (Å²) in [7, 11) is 1.66. The third kappa shape index (κ3) is 4.30. The summed E-state index contributed by atoms with van der Waals surface area (Å²) in [4.78, 5) is 6.84. The van der Waals surface area contributed by atoms with Crippen molar-refractivity contribution in [3.63, 3.8) is 0 Å². The highest BCUT2D eigenvalue weighted by atomic mass is 32.1. The quantitative estimate of drug-likeness (QED) is 0.369. The van der Waals surface area contributed by atoms with Crippen molar-refractivity contribution in [3.05, 3.63) is 108 Å². The zero-order chi connectivity index (χ0) is 23.5. The first-order chi connectivity index (χ1) is 16.6. The van der Waals surface area contributed by atoms with Crippen molar-refractivity contribution in [1.29, 1.82) is 0 Å². The summed E-state index contributed by atoms with van der Waals surface area (Å²) in [6.07, 6.45) is 0. The van der Waals surface area contributed by atoms with Crippen molar-refractivity contribution in [3.8, 4) is 17.1 Å². The number of thiocarbonyl (C=S) groups is 1. The van der Waals surface area contributed by atoms with E-state index in [1.807, 2.05) is 79.7 Å². The van der Waals surface area contributed by atoms with Gasteiger partial charge in [0.15, 0.2) is 5.11 Å². The van der Waals surface area contributed by atoms with Crippen molar-refractivity contribution in [2.24, 2.45) is 0 Å². The fourth-order valence-electron chi connectivity index (χ4n) is 4.12. The molecule has 2 heterocycles. The Balaban J connectivity index is 1.61. The minimum Gasteiger partial charge on any atom is -0.497 e. The molecule has 1 unspecified atom stereocenters. The molecular weight excluding hydrogens is 444 g/mol. The summed E-state index contributed by atoms with van der Waals surface area (Å²) in [6, 6.07) is 27.7. The normalized spacial score (nSPS) is 15.9. The monoisotopic (exact) mass is 468 g/mol. The van der Waals surface area contributed by atoms with Crippen molar-refractivity contribution in [1.82, 2.24) is 20.4 Å². The second-order valence-electron chi connectivity index (χ2n) is 8.02. The van der Waals surface area contributed by atoms with Crippen LogP contribution in [0.3, 0.4) is 0 Å². The number of aromatic nitrogens is 2. The van der Waals surface area contributed by atoms with Crippen LogP contribution >= 0.6 is 12.2 Å². The van der Waals surface area contributed by atoms with E-state index in [0.717, 1.165) is 33.7 Å². The van der Waals surface area contributed by atoms with E-state index in [9.17, 15) is 0 Å². The van der Waals surface area contributed by atoms with Crippen LogP contribution in [0.2, 0.25) is 0 Å². The number of nitrogens with one attached hydrogen (secondary N) is 1. The van der Waals surface area contributed by atoms with Gasteiger partial charge in [0.1, 0.15) is 5.75 Å². The molecule has 1 aliphatic heterocycles. The van der Waals surface area contributed by atoms with Gasteiger partial charge in [0, 0.05) is 17.8 Å². The van der Waals surface area contributed by atoms with Gasteiger partial charge in [-0.2, -0.15) is 4.98 Å². The number of ether oxygens (including phenoxy) is 1. The zero-order valence-electron chi connectivity index (χ0n) is 18.9. The first kappa shape index (κ1) is 21.9. The third-order valence-corrected chi connectivity index (χ3v) is 6.23. The largest absolute Gasteiger partial charge is 0.497 e. The van der Waals surface area contributed by atoms with E-state index in [2.05, 4.69) is 27.5 Å². The molecule has 0 aliphatic carbocycles. The maximum absolute atomic E-state index is 5.81. The van der Waals surface area contributed by atoms with Crippen LogP contribution in [0.25, 0.3) is 17.0 Å². The molecule has 0 fully saturated rings. The Hall–Kier alpha value is -3.97. The summed E-state index contributed by atoms with van der Waals surface area (Å²) in [5, 5.41) is 8.40. The minimum atomic E-state index is -0.265. The molecule has 170 valence electrons. The molecule has 0 saturated heterocycles. The van der Waals surface area contributed by atoms with E-state index in [1.54, 1.807) is 7.11 Å². The molecule has 0 bridgehead atoms. The number of allylic oxidation sites excluding steroid dienone is 1. The van der Waals surface area contributed by atoms with E-state index >= 15 is 0 Å². The second-order valence-corrected chi connectivity index (χ2v) is 8.41. The van der Waals surface area contributed by atoms with Gasteiger partial charge in [-0.15, -0.1) is 0 Å². The number of benzene rings is 3. The molecule has 5 rings (SSSR count). The van der Waals surface area contributed by atoms with Gasteiger partial charge in [-0.25, -0.2) is 0 Å². The highest BCUT2D eigenvalue weighted by molar-refractivity contribution is 7.80. The molecular formula is C27H24N4O2S. The predicted octanol–water partition coefficient (Wildman–Crippen LogP) is 5.61. The zero-order valence-corrected chi connectivity index (χ0v) is 19.8. The smallest absolute Gasteiger partial charge is 0.258 e. The lowest BCUT2D eigenvalue weighted by Crippen LogP contribution is -2.45. The maximum Gasteiger partial charge on any atom is 0.258 e. The highest BCUT2D eigenvalue weighted by Gasteiger charge is 2.34. The van der Waals surface area contributed by atoms with Crippen LogP contribution in [-0.2, 0) is 6.54 Å². The van der Waals surface area contributed by atoms with E-state index in [1.165, 1.54) is 0 Å². The van der Waals surface area contributed by atoms with Crippen molar-refractivity contribution in [2.75, 3.05) is 7.11 Å². The predicted molar refractivity (Wildman–Crippen MR) is 136 cm³/mol. The van der Waals surface area contributed by atoms with E-state index in [0.29, 0.717) is 23.4 Å². The molecule has 0 radical (unpaired) electrons. The molecule has 0 saturated carbocycles. The number of hydrogen-bond acceptors (Lipinski definition) is 5. The standard InChI is InChI=1S/C27H24N4O2S/c1-18-23(26-29-25(30-33-26)20-12-7-4-8-13-20)24(21-14-9-15-22(16-21)32-2)28-27(34)31(18)17-19-10-5-3-6-11-19/h3-16,24H,17H2,1-2H3,(H,28,34). The van der Waals surface area contributed by atoms with Gasteiger partial charge in [-0.3, -0.25) is 0 Å². The first-order valence-corrected chi connectivity index (χ1v) is 11.4. The number of hydrogen-bond donors (Lipinski definition) is 1. The lowest BCUT2D eigenvalue weighted by Gasteiger charge is -2.37. The van der Waals surface area contributed by atoms with Gasteiger partial charge >= 0.3 is 0 Å². The fourth-order valence-corrected chi connectivity index (χ4v) is 4.44. The molecule has 0 amide bonds. The summed E-state index contributed by atoms with van der Waals surface area (Å²) in [5.74, 6) is 1.77. The van der Waals surface area contributed by atoms with Crippen molar-refractivity contribution >= 4 is 22.9 Å². The third-order valence-electron chi connectivity index (χ3n) is 5.90. The molecule has 1 aromatic heterocycles. The molecule has 34 heavy (non-hydrogen) atoms. The van der Waals surface area contributed by atoms with Crippen LogP contribution < -0.4 is 10.1 Å². The molecule has 1 aliphatic rings. The Kier molecular flexibility index (Phi) is 6.10. The summed E-state index contributed by atoms with van der Waals surface area (Å²) in [6.45, 7) is 2.68. The van der Waals surface area contributed by atoms with Crippen LogP contribution in [0.4, 0.5) is 0 Å².